The van der Waals surface area contributed by atoms with Crippen LogP contribution in [0.3, 0.4) is 0 Å². The Morgan fingerprint density at radius 1 is 0.833 bits per heavy atom. The van der Waals surface area contributed by atoms with Gasteiger partial charge in [-0.1, -0.05) is 73.9 Å². The van der Waals surface area contributed by atoms with Crippen molar-refractivity contribution in [3.8, 4) is 45.7 Å². The first-order valence-corrected chi connectivity index (χ1v) is 27.8. The largest absolute Gasteiger partial charge is 0.508 e. The van der Waals surface area contributed by atoms with Crippen LogP contribution in [0.1, 0.15) is 151 Å². The molecule has 0 saturated carbocycles. The second kappa shape index (κ2) is 24.0. The number of phenolic OH excluding ortho intramolecular Hbond substituents is 3. The quantitative estimate of drug-likeness (QED) is 0.0837. The number of aromatic hydroxyl groups is 3. The molecule has 18 heteroatoms. The Morgan fingerprint density at radius 2 is 1.51 bits per heavy atom. The molecular formula is C60H74N8O10. The summed E-state index contributed by atoms with van der Waals surface area (Å²) in [6.07, 6.45) is 4.03. The van der Waals surface area contributed by atoms with Gasteiger partial charge in [0, 0.05) is 60.4 Å². The van der Waals surface area contributed by atoms with E-state index >= 15 is 0 Å². The molecule has 0 radical (unpaired) electrons. The molecule has 78 heavy (non-hydrogen) atoms. The normalized spacial score (nSPS) is 17.3. The standard InChI is InChI=1S/C55H60N8O10.C3H8.C2H6/c1-6-36-38-23-35(64)13-14-43(38)57-47-40(36)28-62-44(47)25-42-41(52(62)69)29-72-54(71)55(42,7-2)73-53(70)33-17-21-61(22-18-33)51(68)32-15-19-60(20-16-32)27-31-9-11-34(12-10-31)63-48(58-59-49(63)50(67)56-8-3)39-24-37(30(4)5)45(65)26-46(39)66;1-3-2;1-2/h9-14,23-26,30,32-33,64-66H,6-8,15-22,27-29H2,1-5H3,(H,56,67);3H2,1-2H3;1-2H3. The Kier molecular flexibility index (Phi) is 17.4. The smallest absolute Gasteiger partial charge is 0.355 e. The molecule has 4 aliphatic heterocycles. The van der Waals surface area contributed by atoms with Gasteiger partial charge in [0.1, 0.15) is 23.9 Å². The molecule has 0 aliphatic carbocycles. The summed E-state index contributed by atoms with van der Waals surface area (Å²) in [4.78, 5) is 78.3. The monoisotopic (exact) mass is 1070 g/mol. The molecule has 10 rings (SSSR count). The number of rotatable bonds is 12. The molecule has 4 N–H and O–H groups in total. The lowest BCUT2D eigenvalue weighted by Crippen LogP contribution is -2.50. The minimum Gasteiger partial charge on any atom is -0.508 e. The lowest BCUT2D eigenvalue weighted by Gasteiger charge is -2.39. The first kappa shape index (κ1) is 56.6. The van der Waals surface area contributed by atoms with E-state index in [-0.39, 0.29) is 77.3 Å². The summed E-state index contributed by atoms with van der Waals surface area (Å²) in [6.45, 7) is 20.9. The number of fused-ring (bicyclic) bond motifs is 5. The maximum absolute atomic E-state index is 14.2. The van der Waals surface area contributed by atoms with Crippen molar-refractivity contribution in [1.82, 2.24) is 39.4 Å². The third-order valence-electron chi connectivity index (χ3n) is 15.3. The van der Waals surface area contributed by atoms with Crippen LogP contribution < -0.4 is 10.9 Å². The van der Waals surface area contributed by atoms with Crippen molar-refractivity contribution in [3.63, 3.8) is 0 Å². The van der Waals surface area contributed by atoms with Crippen LogP contribution >= 0.6 is 0 Å². The number of cyclic esters (lactones) is 1. The molecular weight excluding hydrogens is 993 g/mol. The van der Waals surface area contributed by atoms with E-state index in [1.165, 1.54) is 12.5 Å². The molecule has 4 aliphatic rings. The molecule has 414 valence electrons. The average molecular weight is 1070 g/mol. The lowest BCUT2D eigenvalue weighted by atomic mass is 9.85. The molecule has 2 fully saturated rings. The number of hydrogen-bond acceptors (Lipinski definition) is 14. The van der Waals surface area contributed by atoms with Crippen molar-refractivity contribution in [3.05, 3.63) is 110 Å². The van der Waals surface area contributed by atoms with Crippen LogP contribution in [0.25, 0.3) is 39.4 Å². The number of benzene rings is 3. The first-order valence-electron chi connectivity index (χ1n) is 27.8. The highest BCUT2D eigenvalue weighted by atomic mass is 16.6. The van der Waals surface area contributed by atoms with Gasteiger partial charge in [0.2, 0.25) is 17.3 Å². The van der Waals surface area contributed by atoms with E-state index in [1.807, 2.05) is 70.7 Å². The van der Waals surface area contributed by atoms with Crippen LogP contribution in [0.2, 0.25) is 0 Å². The molecule has 2 saturated heterocycles. The third-order valence-corrected chi connectivity index (χ3v) is 15.3. The number of hydrogen-bond donors (Lipinski definition) is 4. The van der Waals surface area contributed by atoms with Crippen molar-refractivity contribution in [2.45, 2.75) is 138 Å². The van der Waals surface area contributed by atoms with Gasteiger partial charge in [-0.25, -0.2) is 9.78 Å². The van der Waals surface area contributed by atoms with Crippen molar-refractivity contribution in [2.24, 2.45) is 11.8 Å². The highest BCUT2D eigenvalue weighted by molar-refractivity contribution is 5.93. The SMILES string of the molecule is CC.CCC.CCNC(=O)c1nnc(-c2cc(C(C)C)c(O)cc2O)n1-c1ccc(CN2CCC(C(=O)N3CCC(C(=O)OC4(CC)C(=O)OCc5c4cc4n(c5=O)Cc5c-4nc4ccc(O)cc4c5CC)CC3)CC2)cc1. The second-order valence-electron chi connectivity index (χ2n) is 20.6. The minimum atomic E-state index is -1.84. The van der Waals surface area contributed by atoms with Crippen LogP contribution in [-0.4, -0.2) is 106 Å². The van der Waals surface area contributed by atoms with Gasteiger partial charge in [0.05, 0.1) is 40.5 Å². The predicted octanol–water partition coefficient (Wildman–Crippen LogP) is 9.02. The first-order chi connectivity index (χ1) is 37.5. The van der Waals surface area contributed by atoms with Crippen LogP contribution in [-0.2, 0) is 55.6 Å². The Morgan fingerprint density at radius 3 is 2.15 bits per heavy atom. The summed E-state index contributed by atoms with van der Waals surface area (Å²) in [5, 5.41) is 43.8. The third kappa shape index (κ3) is 10.7. The Balaban J connectivity index is 0.00000155. The number of likely N-dealkylation sites (tertiary alicyclic amines) is 2. The van der Waals surface area contributed by atoms with Crippen molar-refractivity contribution < 1.29 is 44.0 Å². The molecule has 18 nitrogen and oxygen atoms in total. The van der Waals surface area contributed by atoms with Gasteiger partial charge in [-0.05, 0) is 124 Å². The zero-order valence-corrected chi connectivity index (χ0v) is 46.4. The number of aromatic nitrogens is 5. The number of carbonyl (C=O) groups excluding carboxylic acids is 4. The van der Waals surface area contributed by atoms with Gasteiger partial charge in [0.25, 0.3) is 11.5 Å². The Labute approximate surface area is 455 Å². The zero-order chi connectivity index (χ0) is 56.2. The van der Waals surface area contributed by atoms with Gasteiger partial charge in [-0.2, -0.15) is 0 Å². The number of phenols is 3. The molecule has 1 unspecified atom stereocenters. The number of esters is 2. The summed E-state index contributed by atoms with van der Waals surface area (Å²) in [6, 6.07) is 17.4. The number of pyridine rings is 2. The van der Waals surface area contributed by atoms with Crippen molar-refractivity contribution in [2.75, 3.05) is 32.7 Å². The fourth-order valence-corrected chi connectivity index (χ4v) is 11.2. The Bertz CT molecular complexity index is 3280. The van der Waals surface area contributed by atoms with E-state index in [9.17, 15) is 39.3 Å². The fraction of sp³-hybridized carbons (Fsp3) is 0.467. The number of carbonyl (C=O) groups is 4. The maximum Gasteiger partial charge on any atom is 0.355 e. The number of piperidine rings is 2. The van der Waals surface area contributed by atoms with E-state index < -0.39 is 29.4 Å². The van der Waals surface area contributed by atoms with Crippen molar-refractivity contribution in [1.29, 1.82) is 0 Å². The van der Waals surface area contributed by atoms with Crippen LogP contribution in [0.4, 0.5) is 0 Å². The van der Waals surface area contributed by atoms with E-state index in [2.05, 4.69) is 34.3 Å². The number of aryl methyl sites for hydroxylation is 1. The molecule has 6 aromatic rings. The highest BCUT2D eigenvalue weighted by Gasteiger charge is 2.51. The van der Waals surface area contributed by atoms with Gasteiger partial charge < -0.3 is 39.6 Å². The molecule has 0 spiro atoms. The van der Waals surface area contributed by atoms with E-state index in [1.54, 1.807) is 46.4 Å². The average Bonchev–Trinajstić information content (AvgIpc) is 4.26. The lowest BCUT2D eigenvalue weighted by molar-refractivity contribution is -0.193. The van der Waals surface area contributed by atoms with Gasteiger partial charge >= 0.3 is 11.9 Å². The molecule has 3 aromatic heterocycles. The fourth-order valence-electron chi connectivity index (χ4n) is 11.2. The summed E-state index contributed by atoms with van der Waals surface area (Å²) >= 11 is 0. The van der Waals surface area contributed by atoms with E-state index in [0.717, 1.165) is 22.1 Å². The minimum absolute atomic E-state index is 0.0350. The molecule has 7 heterocycles. The summed E-state index contributed by atoms with van der Waals surface area (Å²) < 4.78 is 15.1. The number of amides is 2. The van der Waals surface area contributed by atoms with Crippen LogP contribution in [0.15, 0.2) is 65.5 Å². The van der Waals surface area contributed by atoms with Crippen LogP contribution in [0.5, 0.6) is 17.2 Å². The second-order valence-corrected chi connectivity index (χ2v) is 20.6. The summed E-state index contributed by atoms with van der Waals surface area (Å²) in [5.41, 5.74) is 4.64. The molecule has 1 atom stereocenters. The van der Waals surface area contributed by atoms with Gasteiger partial charge in [-0.15, -0.1) is 10.2 Å². The number of nitrogens with zero attached hydrogens (tertiary/aromatic N) is 7. The zero-order valence-electron chi connectivity index (χ0n) is 46.4. The number of nitrogens with one attached hydrogen (secondary N) is 1. The van der Waals surface area contributed by atoms with Crippen molar-refractivity contribution >= 4 is 34.7 Å². The number of ether oxygens (including phenoxy) is 2. The highest BCUT2D eigenvalue weighted by Crippen LogP contribution is 2.44. The predicted molar refractivity (Wildman–Crippen MR) is 296 cm³/mol. The maximum atomic E-state index is 14.2. The van der Waals surface area contributed by atoms with Gasteiger partial charge in [-0.3, -0.25) is 28.6 Å². The molecule has 3 aromatic carbocycles. The van der Waals surface area contributed by atoms with E-state index in [0.29, 0.717) is 111 Å². The molecule has 2 amide bonds. The Hall–Kier alpha value is -7.60. The van der Waals surface area contributed by atoms with Gasteiger partial charge in [0.15, 0.2) is 5.82 Å². The summed E-state index contributed by atoms with van der Waals surface area (Å²) in [5.74, 6) is -2.23. The summed E-state index contributed by atoms with van der Waals surface area (Å²) in [7, 11) is 0. The van der Waals surface area contributed by atoms with E-state index in [4.69, 9.17) is 14.5 Å². The van der Waals surface area contributed by atoms with Crippen LogP contribution in [0, 0.1) is 11.8 Å². The molecule has 0 bridgehead atoms. The topological polar surface area (TPSA) is 232 Å².